The molecule has 0 radical (unpaired) electrons. The highest BCUT2D eigenvalue weighted by Crippen LogP contribution is 2.60. The van der Waals surface area contributed by atoms with Crippen LogP contribution in [-0.4, -0.2) is 12.5 Å². The Bertz CT molecular complexity index is 809. The van der Waals surface area contributed by atoms with Gasteiger partial charge in [0.25, 0.3) is 0 Å². The Balaban J connectivity index is 1.21. The van der Waals surface area contributed by atoms with Gasteiger partial charge in [-0.2, -0.15) is 0 Å². The van der Waals surface area contributed by atoms with Gasteiger partial charge in [-0.1, -0.05) is 36.4 Å². The molecule has 28 heavy (non-hydrogen) atoms. The summed E-state index contributed by atoms with van der Waals surface area (Å²) in [5.41, 5.74) is 2.02. The molecule has 0 atom stereocenters. The van der Waals surface area contributed by atoms with Crippen molar-refractivity contribution < 1.29 is 9.53 Å². The molecule has 4 aliphatic carbocycles. The molecule has 0 aliphatic heterocycles. The second-order valence-corrected chi connectivity index (χ2v) is 9.26. The Morgan fingerprint density at radius 2 is 1.61 bits per heavy atom. The summed E-state index contributed by atoms with van der Waals surface area (Å²) in [6.07, 6.45) is 8.24. The summed E-state index contributed by atoms with van der Waals surface area (Å²) in [7, 11) is 0. The van der Waals surface area contributed by atoms with Crippen LogP contribution >= 0.6 is 0 Å². The molecule has 1 N–H and O–H groups in total. The zero-order valence-electron chi connectivity index (χ0n) is 16.4. The molecule has 146 valence electrons. The number of hydrogen-bond donors (Lipinski definition) is 1. The van der Waals surface area contributed by atoms with E-state index in [1.807, 2.05) is 30.3 Å². The first-order valence-corrected chi connectivity index (χ1v) is 10.8. The molecule has 3 nitrogen and oxygen atoms in total. The highest BCUT2D eigenvalue weighted by molar-refractivity contribution is 5.95. The van der Waals surface area contributed by atoms with Crippen LogP contribution in [0.2, 0.25) is 0 Å². The fraction of sp³-hybridized carbons (Fsp3) is 0.480. The molecule has 3 heteroatoms. The van der Waals surface area contributed by atoms with Gasteiger partial charge in [0.2, 0.25) is 5.91 Å². The molecule has 2 aromatic carbocycles. The first-order valence-electron chi connectivity index (χ1n) is 10.8. The zero-order chi connectivity index (χ0) is 19.0. The van der Waals surface area contributed by atoms with Crippen molar-refractivity contribution in [1.82, 2.24) is 0 Å². The van der Waals surface area contributed by atoms with E-state index in [1.165, 1.54) is 24.8 Å². The van der Waals surface area contributed by atoms with Crippen molar-refractivity contribution in [2.45, 2.75) is 44.9 Å². The SMILES string of the molecule is O=C(Nc1cccc(OCCc2ccccc2)c1)C12CC3CC(CC(C3)C1)C2. The average molecular weight is 376 g/mol. The molecule has 0 saturated heterocycles. The maximum absolute atomic E-state index is 13.2. The minimum Gasteiger partial charge on any atom is -0.493 e. The van der Waals surface area contributed by atoms with Crippen LogP contribution in [0.3, 0.4) is 0 Å². The fourth-order valence-corrected chi connectivity index (χ4v) is 6.25. The van der Waals surface area contributed by atoms with E-state index in [4.69, 9.17) is 4.74 Å². The molecule has 4 saturated carbocycles. The molecule has 0 aromatic heterocycles. The molecular formula is C25H29NO2. The molecule has 2 aromatic rings. The normalized spacial score (nSPS) is 30.2. The van der Waals surface area contributed by atoms with E-state index in [9.17, 15) is 4.79 Å². The summed E-state index contributed by atoms with van der Waals surface area (Å²) in [5, 5.41) is 3.23. The van der Waals surface area contributed by atoms with Crippen LogP contribution in [0.15, 0.2) is 54.6 Å². The number of nitrogens with one attached hydrogen (secondary N) is 1. The van der Waals surface area contributed by atoms with Gasteiger partial charge in [0.05, 0.1) is 12.0 Å². The maximum Gasteiger partial charge on any atom is 0.230 e. The number of benzene rings is 2. The quantitative estimate of drug-likeness (QED) is 0.728. The third-order valence-electron chi connectivity index (χ3n) is 7.11. The first kappa shape index (κ1) is 17.8. The van der Waals surface area contributed by atoms with Gasteiger partial charge < -0.3 is 10.1 Å². The van der Waals surface area contributed by atoms with E-state index >= 15 is 0 Å². The van der Waals surface area contributed by atoms with Crippen molar-refractivity contribution in [3.05, 3.63) is 60.2 Å². The predicted octanol–water partition coefficient (Wildman–Crippen LogP) is 5.46. The van der Waals surface area contributed by atoms with E-state index in [0.29, 0.717) is 6.61 Å². The number of carbonyl (C=O) groups is 1. The summed E-state index contributed by atoms with van der Waals surface area (Å²) < 4.78 is 5.93. The van der Waals surface area contributed by atoms with Gasteiger partial charge in [0, 0.05) is 18.2 Å². The van der Waals surface area contributed by atoms with Crippen LogP contribution in [0, 0.1) is 23.2 Å². The van der Waals surface area contributed by atoms with Crippen LogP contribution in [0.1, 0.15) is 44.1 Å². The Labute approximate surface area is 167 Å². The summed E-state index contributed by atoms with van der Waals surface area (Å²) in [6, 6.07) is 18.2. The first-order chi connectivity index (χ1) is 13.7. The lowest BCUT2D eigenvalue weighted by atomic mass is 9.49. The average Bonchev–Trinajstić information content (AvgIpc) is 2.68. The predicted molar refractivity (Wildman–Crippen MR) is 111 cm³/mol. The van der Waals surface area contributed by atoms with Gasteiger partial charge in [-0.15, -0.1) is 0 Å². The van der Waals surface area contributed by atoms with E-state index < -0.39 is 0 Å². The maximum atomic E-state index is 13.2. The van der Waals surface area contributed by atoms with Gasteiger partial charge >= 0.3 is 0 Å². The van der Waals surface area contributed by atoms with Gasteiger partial charge in [0.1, 0.15) is 5.75 Å². The smallest absolute Gasteiger partial charge is 0.230 e. The third kappa shape index (κ3) is 3.55. The second-order valence-electron chi connectivity index (χ2n) is 9.26. The molecule has 4 aliphatic rings. The molecule has 1 amide bonds. The second kappa shape index (κ2) is 7.27. The Hall–Kier alpha value is -2.29. The number of anilines is 1. The molecule has 0 heterocycles. The van der Waals surface area contributed by atoms with E-state index in [0.717, 1.165) is 54.9 Å². The lowest BCUT2D eigenvalue weighted by molar-refractivity contribution is -0.140. The summed E-state index contributed by atoms with van der Waals surface area (Å²) in [6.45, 7) is 0.635. The van der Waals surface area contributed by atoms with Crippen LogP contribution in [-0.2, 0) is 11.2 Å². The van der Waals surface area contributed by atoms with Crippen molar-refractivity contribution >= 4 is 11.6 Å². The topological polar surface area (TPSA) is 38.3 Å². The van der Waals surface area contributed by atoms with Crippen molar-refractivity contribution in [1.29, 1.82) is 0 Å². The number of hydrogen-bond acceptors (Lipinski definition) is 2. The molecular weight excluding hydrogens is 346 g/mol. The van der Waals surface area contributed by atoms with Crippen molar-refractivity contribution in [3.63, 3.8) is 0 Å². The van der Waals surface area contributed by atoms with E-state index in [2.05, 4.69) is 29.6 Å². The van der Waals surface area contributed by atoms with Crippen molar-refractivity contribution in [2.24, 2.45) is 23.2 Å². The molecule has 4 bridgehead atoms. The molecule has 0 spiro atoms. The molecule has 0 unspecified atom stereocenters. The summed E-state index contributed by atoms with van der Waals surface area (Å²) in [4.78, 5) is 13.2. The summed E-state index contributed by atoms with van der Waals surface area (Å²) in [5.74, 6) is 3.41. The van der Waals surface area contributed by atoms with E-state index in [1.54, 1.807) is 0 Å². The highest BCUT2D eigenvalue weighted by Gasteiger charge is 2.54. The Kier molecular flexibility index (Phi) is 4.62. The van der Waals surface area contributed by atoms with Gasteiger partial charge in [-0.3, -0.25) is 4.79 Å². The standard InChI is InChI=1S/C25H29NO2/c27-24(25-15-19-11-20(16-25)13-21(12-19)17-25)26-22-7-4-8-23(14-22)28-10-9-18-5-2-1-3-6-18/h1-8,14,19-21H,9-13,15-17H2,(H,26,27). The van der Waals surface area contributed by atoms with E-state index in [-0.39, 0.29) is 11.3 Å². The van der Waals surface area contributed by atoms with Gasteiger partial charge in [0.15, 0.2) is 0 Å². The van der Waals surface area contributed by atoms with Crippen LogP contribution in [0.5, 0.6) is 5.75 Å². The fourth-order valence-electron chi connectivity index (χ4n) is 6.25. The Morgan fingerprint density at radius 3 is 2.29 bits per heavy atom. The minimum absolute atomic E-state index is 0.112. The lowest BCUT2D eigenvalue weighted by Gasteiger charge is -2.55. The van der Waals surface area contributed by atoms with Crippen molar-refractivity contribution in [3.8, 4) is 5.75 Å². The lowest BCUT2D eigenvalue weighted by Crippen LogP contribution is -2.51. The number of rotatable bonds is 6. The highest BCUT2D eigenvalue weighted by atomic mass is 16.5. The largest absolute Gasteiger partial charge is 0.493 e. The third-order valence-corrected chi connectivity index (χ3v) is 7.11. The van der Waals surface area contributed by atoms with Gasteiger partial charge in [-0.25, -0.2) is 0 Å². The molecule has 4 fully saturated rings. The van der Waals surface area contributed by atoms with Crippen LogP contribution in [0.4, 0.5) is 5.69 Å². The number of amides is 1. The number of carbonyl (C=O) groups excluding carboxylic acids is 1. The molecule has 6 rings (SSSR count). The summed E-state index contributed by atoms with van der Waals surface area (Å²) >= 11 is 0. The monoisotopic (exact) mass is 375 g/mol. The van der Waals surface area contributed by atoms with Crippen molar-refractivity contribution in [2.75, 3.05) is 11.9 Å². The van der Waals surface area contributed by atoms with Crippen LogP contribution < -0.4 is 10.1 Å². The minimum atomic E-state index is -0.112. The number of ether oxygens (including phenoxy) is 1. The van der Waals surface area contributed by atoms with Gasteiger partial charge in [-0.05, 0) is 74.0 Å². The zero-order valence-corrected chi connectivity index (χ0v) is 16.4. The van der Waals surface area contributed by atoms with Crippen LogP contribution in [0.25, 0.3) is 0 Å². The Morgan fingerprint density at radius 1 is 0.929 bits per heavy atom.